The molecule has 2 aromatic heterocycles. The lowest BCUT2D eigenvalue weighted by Crippen LogP contribution is -2.35. The third-order valence-corrected chi connectivity index (χ3v) is 6.70. The molecule has 0 spiro atoms. The van der Waals surface area contributed by atoms with E-state index in [0.29, 0.717) is 11.5 Å². The smallest absolute Gasteiger partial charge is 0.252 e. The molecule has 34 heavy (non-hydrogen) atoms. The number of nitrogens with one attached hydrogen (secondary N) is 2. The number of hydrogen-bond donors (Lipinski definition) is 2. The molecule has 1 atom stereocenters. The number of carbonyl (C=O) groups is 2. The molecule has 1 saturated carbocycles. The van der Waals surface area contributed by atoms with E-state index < -0.39 is 0 Å². The Balaban J connectivity index is 1.26. The van der Waals surface area contributed by atoms with Crippen molar-refractivity contribution in [2.24, 2.45) is 7.05 Å². The Kier molecular flexibility index (Phi) is 5.98. The molecule has 5 rings (SSSR count). The van der Waals surface area contributed by atoms with E-state index in [1.54, 1.807) is 4.68 Å². The minimum absolute atomic E-state index is 0.123. The molecule has 1 unspecified atom stereocenters. The molecule has 3 heterocycles. The molecule has 1 aliphatic carbocycles. The molecular weight excluding hydrogens is 428 g/mol. The summed E-state index contributed by atoms with van der Waals surface area (Å²) in [6.07, 6.45) is 4.81. The fourth-order valence-corrected chi connectivity index (χ4v) is 4.83. The molecule has 8 heteroatoms. The highest BCUT2D eigenvalue weighted by Crippen LogP contribution is 2.40. The van der Waals surface area contributed by atoms with Gasteiger partial charge in [-0.25, -0.2) is 4.98 Å². The van der Waals surface area contributed by atoms with Crippen LogP contribution in [0.5, 0.6) is 0 Å². The summed E-state index contributed by atoms with van der Waals surface area (Å²) in [7, 11) is 1.85. The number of carbonyl (C=O) groups excluding carboxylic acids is 2. The fourth-order valence-electron chi connectivity index (χ4n) is 4.83. The third-order valence-electron chi connectivity index (χ3n) is 6.70. The van der Waals surface area contributed by atoms with Gasteiger partial charge in [0.15, 0.2) is 5.65 Å². The van der Waals surface area contributed by atoms with E-state index in [-0.39, 0.29) is 24.3 Å². The summed E-state index contributed by atoms with van der Waals surface area (Å²) < 4.78 is 1.74. The first-order valence-corrected chi connectivity index (χ1v) is 12.2. The number of aromatic nitrogens is 3. The third kappa shape index (κ3) is 4.62. The van der Waals surface area contributed by atoms with Crippen LogP contribution in [0.3, 0.4) is 0 Å². The van der Waals surface area contributed by atoms with Crippen LogP contribution in [-0.4, -0.2) is 45.7 Å². The summed E-state index contributed by atoms with van der Waals surface area (Å²) in [4.78, 5) is 33.0. The second kappa shape index (κ2) is 9.08. The molecule has 2 amide bonds. The quantitative estimate of drug-likeness (QED) is 0.558. The minimum atomic E-state index is -0.321. The average Bonchev–Trinajstić information content (AvgIpc) is 3.42. The summed E-state index contributed by atoms with van der Waals surface area (Å²) in [5, 5.41) is 11.2. The van der Waals surface area contributed by atoms with Crippen molar-refractivity contribution in [1.29, 1.82) is 0 Å². The molecule has 2 aliphatic rings. The van der Waals surface area contributed by atoms with Gasteiger partial charge in [0.2, 0.25) is 5.91 Å². The van der Waals surface area contributed by atoms with Crippen molar-refractivity contribution in [3.05, 3.63) is 47.3 Å². The number of benzene rings is 1. The lowest BCUT2D eigenvalue weighted by atomic mass is 10.1. The Hall–Kier alpha value is -3.42. The number of fused-ring (bicyclic) bond motifs is 1. The predicted molar refractivity (Wildman–Crippen MR) is 133 cm³/mol. The zero-order chi connectivity index (χ0) is 23.8. The van der Waals surface area contributed by atoms with Crippen molar-refractivity contribution in [2.75, 3.05) is 23.3 Å². The van der Waals surface area contributed by atoms with E-state index in [9.17, 15) is 9.59 Å². The van der Waals surface area contributed by atoms with Crippen LogP contribution in [-0.2, 0) is 11.8 Å². The van der Waals surface area contributed by atoms with Crippen LogP contribution in [0.25, 0.3) is 11.0 Å². The van der Waals surface area contributed by atoms with Crippen molar-refractivity contribution in [2.45, 2.75) is 57.9 Å². The molecule has 0 radical (unpaired) electrons. The minimum Gasteiger partial charge on any atom is -0.371 e. The van der Waals surface area contributed by atoms with E-state index >= 15 is 0 Å². The van der Waals surface area contributed by atoms with E-state index in [4.69, 9.17) is 4.98 Å². The summed E-state index contributed by atoms with van der Waals surface area (Å²) >= 11 is 0. The van der Waals surface area contributed by atoms with E-state index in [2.05, 4.69) is 26.7 Å². The van der Waals surface area contributed by atoms with Crippen LogP contribution in [0.2, 0.25) is 0 Å². The highest BCUT2D eigenvalue weighted by atomic mass is 16.2. The molecule has 8 nitrogen and oxygen atoms in total. The topological polar surface area (TPSA) is 92.1 Å². The number of aryl methyl sites for hydroxylation is 2. The van der Waals surface area contributed by atoms with E-state index in [1.807, 2.05) is 45.2 Å². The first-order chi connectivity index (χ1) is 16.4. The molecule has 2 N–H and O–H groups in total. The van der Waals surface area contributed by atoms with Gasteiger partial charge in [-0.2, -0.15) is 5.10 Å². The van der Waals surface area contributed by atoms with Crippen molar-refractivity contribution >= 4 is 34.2 Å². The number of amides is 2. The standard InChI is InChI=1S/C26H32N6O2/c1-16(13-23(33)28-19-7-6-8-20(14-19)32-11-4-5-12-32)27-26(34)21-15-22(18-9-10-18)29-25-24(21)17(2)30-31(25)3/h6-8,14-16,18H,4-5,9-13H2,1-3H3,(H,27,34)(H,28,33). The Morgan fingerprint density at radius 3 is 2.68 bits per heavy atom. The van der Waals surface area contributed by atoms with Gasteiger partial charge >= 0.3 is 0 Å². The van der Waals surface area contributed by atoms with Crippen LogP contribution in [0.4, 0.5) is 11.4 Å². The normalized spacial score (nSPS) is 16.6. The first kappa shape index (κ1) is 22.4. The number of nitrogens with zero attached hydrogens (tertiary/aromatic N) is 4. The Bertz CT molecular complexity index is 1240. The number of hydrogen-bond acceptors (Lipinski definition) is 5. The maximum absolute atomic E-state index is 13.2. The van der Waals surface area contributed by atoms with Gasteiger partial charge in [0.1, 0.15) is 0 Å². The van der Waals surface area contributed by atoms with Crippen LogP contribution < -0.4 is 15.5 Å². The van der Waals surface area contributed by atoms with Gasteiger partial charge in [-0.05, 0) is 63.8 Å². The lowest BCUT2D eigenvalue weighted by Gasteiger charge is -2.19. The highest BCUT2D eigenvalue weighted by molar-refractivity contribution is 6.07. The van der Waals surface area contributed by atoms with Crippen molar-refractivity contribution in [3.63, 3.8) is 0 Å². The van der Waals surface area contributed by atoms with Gasteiger partial charge in [-0.3, -0.25) is 14.3 Å². The predicted octanol–water partition coefficient (Wildman–Crippen LogP) is 3.90. The Morgan fingerprint density at radius 2 is 1.94 bits per heavy atom. The monoisotopic (exact) mass is 460 g/mol. The second-order valence-corrected chi connectivity index (χ2v) is 9.65. The van der Waals surface area contributed by atoms with Gasteiger partial charge in [0.25, 0.3) is 5.91 Å². The van der Waals surface area contributed by atoms with Crippen molar-refractivity contribution in [1.82, 2.24) is 20.1 Å². The van der Waals surface area contributed by atoms with Crippen LogP contribution in [0, 0.1) is 6.92 Å². The molecule has 178 valence electrons. The van der Waals surface area contributed by atoms with Crippen molar-refractivity contribution < 1.29 is 9.59 Å². The molecule has 1 aliphatic heterocycles. The molecule has 3 aromatic rings. The SMILES string of the molecule is Cc1nn(C)c2nc(C3CC3)cc(C(=O)NC(C)CC(=O)Nc3cccc(N4CCCC4)c3)c12. The van der Waals surface area contributed by atoms with Gasteiger partial charge in [0, 0.05) is 55.6 Å². The summed E-state index contributed by atoms with van der Waals surface area (Å²) in [6, 6.07) is 9.55. The van der Waals surface area contributed by atoms with E-state index in [0.717, 1.165) is 59.7 Å². The maximum atomic E-state index is 13.2. The van der Waals surface area contributed by atoms with Gasteiger partial charge < -0.3 is 15.5 Å². The zero-order valence-corrected chi connectivity index (χ0v) is 20.1. The Labute approximate surface area is 199 Å². The lowest BCUT2D eigenvalue weighted by molar-refractivity contribution is -0.116. The zero-order valence-electron chi connectivity index (χ0n) is 20.1. The molecule has 2 fully saturated rings. The first-order valence-electron chi connectivity index (χ1n) is 12.2. The average molecular weight is 461 g/mol. The molecular formula is C26H32N6O2. The van der Waals surface area contributed by atoms with E-state index in [1.165, 1.54) is 12.8 Å². The largest absolute Gasteiger partial charge is 0.371 e. The van der Waals surface area contributed by atoms with Crippen LogP contribution in [0.15, 0.2) is 30.3 Å². The maximum Gasteiger partial charge on any atom is 0.252 e. The molecule has 0 bridgehead atoms. The number of rotatable bonds is 7. The van der Waals surface area contributed by atoms with Crippen LogP contribution in [0.1, 0.15) is 66.7 Å². The summed E-state index contributed by atoms with van der Waals surface area (Å²) in [5.74, 6) is 0.106. The van der Waals surface area contributed by atoms with Crippen LogP contribution >= 0.6 is 0 Å². The summed E-state index contributed by atoms with van der Waals surface area (Å²) in [6.45, 7) is 5.86. The number of pyridine rings is 1. The van der Waals surface area contributed by atoms with Crippen molar-refractivity contribution in [3.8, 4) is 0 Å². The molecule has 1 aromatic carbocycles. The van der Waals surface area contributed by atoms with Gasteiger partial charge in [-0.1, -0.05) is 6.07 Å². The highest BCUT2D eigenvalue weighted by Gasteiger charge is 2.29. The van der Waals surface area contributed by atoms with Gasteiger partial charge in [-0.15, -0.1) is 0 Å². The Morgan fingerprint density at radius 1 is 1.18 bits per heavy atom. The molecule has 1 saturated heterocycles. The summed E-state index contributed by atoms with van der Waals surface area (Å²) in [5.41, 5.74) is 4.96. The number of anilines is 2. The fraction of sp³-hybridized carbons (Fsp3) is 0.462. The van der Waals surface area contributed by atoms with Gasteiger partial charge in [0.05, 0.1) is 16.6 Å². The second-order valence-electron chi connectivity index (χ2n) is 9.65.